The van der Waals surface area contributed by atoms with Crippen LogP contribution in [-0.2, 0) is 9.53 Å². The average Bonchev–Trinajstić information content (AvgIpc) is 3.32. The fourth-order valence-corrected chi connectivity index (χ4v) is 2.72. The van der Waals surface area contributed by atoms with Crippen LogP contribution in [-0.4, -0.2) is 30.9 Å². The van der Waals surface area contributed by atoms with Gasteiger partial charge in [0.05, 0.1) is 11.8 Å². The maximum atomic E-state index is 12.1. The summed E-state index contributed by atoms with van der Waals surface area (Å²) in [5.74, 6) is -1.05. The first-order valence-corrected chi connectivity index (χ1v) is 9.46. The summed E-state index contributed by atoms with van der Waals surface area (Å²) in [5.41, 5.74) is 1.89. The minimum absolute atomic E-state index is 0.148. The zero-order valence-corrected chi connectivity index (χ0v) is 16.5. The Labute approximate surface area is 174 Å². The second-order valence-corrected chi connectivity index (χ2v) is 6.70. The van der Waals surface area contributed by atoms with Gasteiger partial charge in [-0.3, -0.25) is 9.59 Å². The van der Waals surface area contributed by atoms with E-state index in [1.807, 2.05) is 37.3 Å². The van der Waals surface area contributed by atoms with Gasteiger partial charge >= 0.3 is 5.97 Å². The summed E-state index contributed by atoms with van der Waals surface area (Å²) < 4.78 is 10.1. The zero-order valence-electron chi connectivity index (χ0n) is 16.5. The monoisotopic (exact) mass is 406 g/mol. The van der Waals surface area contributed by atoms with Crippen molar-refractivity contribution in [3.05, 3.63) is 89.9 Å². The van der Waals surface area contributed by atoms with Gasteiger partial charge in [0.15, 0.2) is 12.4 Å². The molecule has 0 unspecified atom stereocenters. The van der Waals surface area contributed by atoms with Crippen LogP contribution in [0.2, 0.25) is 0 Å². The topological polar surface area (TPSA) is 97.6 Å². The molecule has 0 aliphatic rings. The predicted octanol–water partition coefficient (Wildman–Crippen LogP) is 3.61. The summed E-state index contributed by atoms with van der Waals surface area (Å²) in [6.07, 6.45) is 1.41. The van der Waals surface area contributed by atoms with Crippen molar-refractivity contribution in [2.45, 2.75) is 12.8 Å². The van der Waals surface area contributed by atoms with E-state index in [9.17, 15) is 14.4 Å². The van der Waals surface area contributed by atoms with Crippen LogP contribution in [0.15, 0.2) is 77.4 Å². The van der Waals surface area contributed by atoms with Crippen molar-refractivity contribution in [1.82, 2.24) is 5.32 Å². The molecule has 0 aliphatic carbocycles. The fourth-order valence-electron chi connectivity index (χ4n) is 2.72. The van der Waals surface area contributed by atoms with Crippen molar-refractivity contribution < 1.29 is 23.5 Å². The number of furan rings is 1. The number of rotatable bonds is 8. The number of hydrogen-bond acceptors (Lipinski definition) is 5. The highest BCUT2D eigenvalue weighted by atomic mass is 16.5. The summed E-state index contributed by atoms with van der Waals surface area (Å²) >= 11 is 0. The Morgan fingerprint density at radius 1 is 0.967 bits per heavy atom. The molecule has 2 amide bonds. The number of esters is 1. The van der Waals surface area contributed by atoms with Gasteiger partial charge in [-0.2, -0.15) is 0 Å². The van der Waals surface area contributed by atoms with E-state index in [4.69, 9.17) is 9.15 Å². The number of benzene rings is 2. The second-order valence-electron chi connectivity index (χ2n) is 6.70. The maximum absolute atomic E-state index is 12.1. The van der Waals surface area contributed by atoms with E-state index in [2.05, 4.69) is 10.6 Å². The fraction of sp³-hybridized carbons (Fsp3) is 0.174. The third-order valence-electron chi connectivity index (χ3n) is 4.43. The van der Waals surface area contributed by atoms with Crippen LogP contribution in [0.3, 0.4) is 0 Å². The van der Waals surface area contributed by atoms with Crippen molar-refractivity contribution >= 4 is 23.5 Å². The minimum Gasteiger partial charge on any atom is -0.459 e. The third-order valence-corrected chi connectivity index (χ3v) is 4.43. The van der Waals surface area contributed by atoms with Crippen molar-refractivity contribution in [1.29, 1.82) is 0 Å². The first-order valence-electron chi connectivity index (χ1n) is 9.46. The van der Waals surface area contributed by atoms with E-state index >= 15 is 0 Å². The molecule has 3 aromatic rings. The van der Waals surface area contributed by atoms with E-state index in [1.54, 1.807) is 24.3 Å². The van der Waals surface area contributed by atoms with E-state index in [-0.39, 0.29) is 29.8 Å². The normalized spacial score (nSPS) is 11.4. The third kappa shape index (κ3) is 5.81. The molecule has 1 heterocycles. The lowest BCUT2D eigenvalue weighted by Crippen LogP contribution is -2.31. The Morgan fingerprint density at radius 2 is 1.70 bits per heavy atom. The predicted molar refractivity (Wildman–Crippen MR) is 111 cm³/mol. The molecule has 1 atom stereocenters. The first kappa shape index (κ1) is 20.9. The zero-order chi connectivity index (χ0) is 21.3. The van der Waals surface area contributed by atoms with Gasteiger partial charge in [-0.15, -0.1) is 0 Å². The van der Waals surface area contributed by atoms with E-state index in [0.717, 1.165) is 5.56 Å². The van der Waals surface area contributed by atoms with Gasteiger partial charge < -0.3 is 19.8 Å². The Hall–Kier alpha value is -3.87. The van der Waals surface area contributed by atoms with Gasteiger partial charge in [0, 0.05) is 12.2 Å². The Kier molecular flexibility index (Phi) is 7.00. The van der Waals surface area contributed by atoms with Crippen LogP contribution in [0.25, 0.3) is 0 Å². The van der Waals surface area contributed by atoms with Crippen molar-refractivity contribution in [3.8, 4) is 0 Å². The highest BCUT2D eigenvalue weighted by molar-refractivity contribution is 6.02. The molecule has 2 aromatic carbocycles. The molecular formula is C23H22N2O5. The standard InChI is InChI=1S/C23H22N2O5/c1-16(17-6-3-2-4-7-17)14-24-21(26)15-30-23(28)18-9-11-19(12-10-18)25-22(27)20-8-5-13-29-20/h2-13,16H,14-15H2,1H3,(H,24,26)(H,25,27)/t16-/m1/s1. The Morgan fingerprint density at radius 3 is 2.37 bits per heavy atom. The molecule has 2 N–H and O–H groups in total. The molecule has 0 saturated carbocycles. The molecule has 7 nitrogen and oxygen atoms in total. The largest absolute Gasteiger partial charge is 0.459 e. The van der Waals surface area contributed by atoms with Crippen LogP contribution in [0.1, 0.15) is 39.3 Å². The van der Waals surface area contributed by atoms with Crippen molar-refractivity contribution in [2.75, 3.05) is 18.5 Å². The van der Waals surface area contributed by atoms with Crippen LogP contribution >= 0.6 is 0 Å². The SMILES string of the molecule is C[C@H](CNC(=O)COC(=O)c1ccc(NC(=O)c2ccco2)cc1)c1ccccc1. The molecule has 0 saturated heterocycles. The smallest absolute Gasteiger partial charge is 0.338 e. The van der Waals surface area contributed by atoms with Gasteiger partial charge in [0.1, 0.15) is 0 Å². The van der Waals surface area contributed by atoms with Gasteiger partial charge in [0.2, 0.25) is 0 Å². The molecule has 0 fully saturated rings. The van der Waals surface area contributed by atoms with E-state index < -0.39 is 11.9 Å². The molecule has 0 radical (unpaired) electrons. The summed E-state index contributed by atoms with van der Waals surface area (Å²) in [4.78, 5) is 36.0. The van der Waals surface area contributed by atoms with Gasteiger partial charge in [0.25, 0.3) is 11.8 Å². The maximum Gasteiger partial charge on any atom is 0.338 e. The number of ether oxygens (including phenoxy) is 1. The lowest BCUT2D eigenvalue weighted by molar-refractivity contribution is -0.124. The van der Waals surface area contributed by atoms with Gasteiger partial charge in [-0.1, -0.05) is 37.3 Å². The average molecular weight is 406 g/mol. The number of carbonyl (C=O) groups is 3. The van der Waals surface area contributed by atoms with Crippen LogP contribution in [0.4, 0.5) is 5.69 Å². The quantitative estimate of drug-likeness (QED) is 0.557. The first-order chi connectivity index (χ1) is 14.5. The molecule has 154 valence electrons. The van der Waals surface area contributed by atoms with Crippen molar-refractivity contribution in [3.63, 3.8) is 0 Å². The number of amides is 2. The van der Waals surface area contributed by atoms with Crippen LogP contribution in [0.5, 0.6) is 0 Å². The van der Waals surface area contributed by atoms with Gasteiger partial charge in [-0.05, 0) is 47.9 Å². The number of anilines is 1. The van der Waals surface area contributed by atoms with E-state index in [1.165, 1.54) is 18.4 Å². The summed E-state index contributed by atoms with van der Waals surface area (Å²) in [6, 6.07) is 19.2. The molecule has 0 spiro atoms. The molecule has 1 aromatic heterocycles. The summed E-state index contributed by atoms with van der Waals surface area (Å²) in [5, 5.41) is 5.41. The molecule has 0 aliphatic heterocycles. The summed E-state index contributed by atoms with van der Waals surface area (Å²) in [7, 11) is 0. The molecule has 7 heteroatoms. The Bertz CT molecular complexity index is 982. The highest BCUT2D eigenvalue weighted by Crippen LogP contribution is 2.14. The lowest BCUT2D eigenvalue weighted by Gasteiger charge is -2.13. The minimum atomic E-state index is -0.620. The second kappa shape index (κ2) is 10.1. The van der Waals surface area contributed by atoms with Crippen molar-refractivity contribution in [2.24, 2.45) is 0 Å². The van der Waals surface area contributed by atoms with Gasteiger partial charge in [-0.25, -0.2) is 4.79 Å². The van der Waals surface area contributed by atoms with E-state index in [0.29, 0.717) is 12.2 Å². The number of carbonyl (C=O) groups excluding carboxylic acids is 3. The Balaban J connectivity index is 1.43. The highest BCUT2D eigenvalue weighted by Gasteiger charge is 2.13. The van der Waals surface area contributed by atoms with Crippen LogP contribution < -0.4 is 10.6 Å². The molecule has 0 bridgehead atoms. The molecule has 30 heavy (non-hydrogen) atoms. The number of nitrogens with one attached hydrogen (secondary N) is 2. The summed E-state index contributed by atoms with van der Waals surface area (Å²) in [6.45, 7) is 2.09. The van der Waals surface area contributed by atoms with Crippen LogP contribution in [0, 0.1) is 0 Å². The lowest BCUT2D eigenvalue weighted by atomic mass is 10.0. The molecule has 3 rings (SSSR count). The molecular weight excluding hydrogens is 384 g/mol. The number of hydrogen-bond donors (Lipinski definition) is 2.